The van der Waals surface area contributed by atoms with Crippen LogP contribution in [0.15, 0.2) is 48.8 Å². The van der Waals surface area contributed by atoms with Crippen molar-refractivity contribution in [3.05, 3.63) is 53.8 Å². The Hall–Kier alpha value is -2.46. The summed E-state index contributed by atoms with van der Waals surface area (Å²) in [5.74, 6) is 0.801. The lowest BCUT2D eigenvalue weighted by atomic mass is 10.2. The van der Waals surface area contributed by atoms with Crippen molar-refractivity contribution < 1.29 is 0 Å². The van der Waals surface area contributed by atoms with E-state index in [1.165, 1.54) is 0 Å². The first-order chi connectivity index (χ1) is 9.79. The Morgan fingerprint density at radius 1 is 0.850 bits per heavy atom. The number of nitrogens with zero attached hydrogens (tertiary/aromatic N) is 3. The van der Waals surface area contributed by atoms with Crippen molar-refractivity contribution in [3.8, 4) is 11.4 Å². The fourth-order valence-electron chi connectivity index (χ4n) is 2.23. The largest absolute Gasteiger partial charge is 0.338 e. The normalized spacial score (nSPS) is 11.2. The Bertz CT molecular complexity index is 929. The van der Waals surface area contributed by atoms with Gasteiger partial charge >= 0.3 is 0 Å². The fourth-order valence-corrected chi connectivity index (χ4v) is 2.40. The molecule has 0 atom stereocenters. The molecule has 4 nitrogen and oxygen atoms in total. The van der Waals surface area contributed by atoms with Gasteiger partial charge in [0, 0.05) is 23.0 Å². The first-order valence-corrected chi connectivity index (χ1v) is 6.54. The highest BCUT2D eigenvalue weighted by atomic mass is 35.5. The molecule has 4 rings (SSSR count). The molecule has 0 saturated carbocycles. The summed E-state index contributed by atoms with van der Waals surface area (Å²) in [6.45, 7) is 0. The standard InChI is InChI=1S/C15H9ClN4/c16-10-2-4-12-14(8-10)20-15(19-12)9-1-3-11-13(7-9)18-6-5-17-11/h1-8H,(H,19,20). The van der Waals surface area contributed by atoms with Crippen LogP contribution in [-0.4, -0.2) is 19.9 Å². The molecule has 0 unspecified atom stereocenters. The van der Waals surface area contributed by atoms with Gasteiger partial charge < -0.3 is 4.98 Å². The summed E-state index contributed by atoms with van der Waals surface area (Å²) < 4.78 is 0. The molecule has 0 aliphatic rings. The van der Waals surface area contributed by atoms with Gasteiger partial charge in [-0.25, -0.2) is 4.98 Å². The van der Waals surface area contributed by atoms with E-state index in [0.717, 1.165) is 33.5 Å². The van der Waals surface area contributed by atoms with Crippen LogP contribution < -0.4 is 0 Å². The molecule has 2 aromatic heterocycles. The van der Waals surface area contributed by atoms with Gasteiger partial charge in [0.25, 0.3) is 0 Å². The third kappa shape index (κ3) is 1.82. The summed E-state index contributed by atoms with van der Waals surface area (Å²) >= 11 is 5.99. The van der Waals surface area contributed by atoms with E-state index in [-0.39, 0.29) is 0 Å². The van der Waals surface area contributed by atoms with Gasteiger partial charge in [0.2, 0.25) is 0 Å². The van der Waals surface area contributed by atoms with Crippen LogP contribution in [0.25, 0.3) is 33.5 Å². The molecule has 2 aromatic carbocycles. The van der Waals surface area contributed by atoms with E-state index in [2.05, 4.69) is 19.9 Å². The molecule has 0 bridgehead atoms. The smallest absolute Gasteiger partial charge is 0.138 e. The summed E-state index contributed by atoms with van der Waals surface area (Å²) in [6.07, 6.45) is 3.37. The number of fused-ring (bicyclic) bond motifs is 2. The SMILES string of the molecule is Clc1ccc2nc(-c3ccc4nccnc4c3)[nH]c2c1. The van der Waals surface area contributed by atoms with Gasteiger partial charge in [-0.2, -0.15) is 0 Å². The number of H-pyrrole nitrogens is 1. The number of hydrogen-bond donors (Lipinski definition) is 1. The molecular weight excluding hydrogens is 272 g/mol. The molecule has 5 heteroatoms. The number of imidazole rings is 1. The zero-order valence-electron chi connectivity index (χ0n) is 10.3. The zero-order chi connectivity index (χ0) is 13.5. The lowest BCUT2D eigenvalue weighted by molar-refractivity contribution is 1.28. The van der Waals surface area contributed by atoms with Gasteiger partial charge in [-0.3, -0.25) is 9.97 Å². The molecule has 20 heavy (non-hydrogen) atoms. The highest BCUT2D eigenvalue weighted by molar-refractivity contribution is 6.31. The first kappa shape index (κ1) is 11.4. The van der Waals surface area contributed by atoms with Crippen molar-refractivity contribution in [2.75, 3.05) is 0 Å². The van der Waals surface area contributed by atoms with Gasteiger partial charge in [-0.05, 0) is 36.4 Å². The van der Waals surface area contributed by atoms with E-state index in [9.17, 15) is 0 Å². The van der Waals surface area contributed by atoms with Gasteiger partial charge in [0.1, 0.15) is 5.82 Å². The molecule has 2 heterocycles. The van der Waals surface area contributed by atoms with Gasteiger partial charge in [0.15, 0.2) is 0 Å². The summed E-state index contributed by atoms with van der Waals surface area (Å²) in [6, 6.07) is 11.5. The highest BCUT2D eigenvalue weighted by Crippen LogP contribution is 2.24. The van der Waals surface area contributed by atoms with Crippen LogP contribution in [0.2, 0.25) is 5.02 Å². The predicted octanol–water partition coefficient (Wildman–Crippen LogP) is 3.83. The second-order valence-electron chi connectivity index (χ2n) is 4.51. The minimum atomic E-state index is 0.692. The van der Waals surface area contributed by atoms with Crippen molar-refractivity contribution in [1.29, 1.82) is 0 Å². The number of aromatic amines is 1. The van der Waals surface area contributed by atoms with E-state index < -0.39 is 0 Å². The number of benzene rings is 2. The second kappa shape index (κ2) is 4.28. The van der Waals surface area contributed by atoms with Crippen molar-refractivity contribution in [2.45, 2.75) is 0 Å². The summed E-state index contributed by atoms with van der Waals surface area (Å²) in [4.78, 5) is 16.4. The van der Waals surface area contributed by atoms with Crippen LogP contribution >= 0.6 is 11.6 Å². The minimum Gasteiger partial charge on any atom is -0.338 e. The minimum absolute atomic E-state index is 0.692. The third-order valence-electron chi connectivity index (χ3n) is 3.19. The van der Waals surface area contributed by atoms with E-state index in [1.807, 2.05) is 36.4 Å². The van der Waals surface area contributed by atoms with Gasteiger partial charge in [-0.1, -0.05) is 11.6 Å². The van der Waals surface area contributed by atoms with Crippen LogP contribution in [0.4, 0.5) is 0 Å². The number of hydrogen-bond acceptors (Lipinski definition) is 3. The Balaban J connectivity index is 1.91. The van der Waals surface area contributed by atoms with Gasteiger partial charge in [-0.15, -0.1) is 0 Å². The van der Waals surface area contributed by atoms with Crippen LogP contribution in [0.1, 0.15) is 0 Å². The van der Waals surface area contributed by atoms with E-state index in [0.29, 0.717) is 5.02 Å². The highest BCUT2D eigenvalue weighted by Gasteiger charge is 2.07. The maximum absolute atomic E-state index is 5.99. The van der Waals surface area contributed by atoms with Crippen LogP contribution in [0.3, 0.4) is 0 Å². The predicted molar refractivity (Wildman–Crippen MR) is 79.6 cm³/mol. The molecule has 0 radical (unpaired) electrons. The molecule has 1 N–H and O–H groups in total. The van der Waals surface area contributed by atoms with Crippen LogP contribution in [-0.2, 0) is 0 Å². The molecule has 0 aliphatic carbocycles. The van der Waals surface area contributed by atoms with E-state index >= 15 is 0 Å². The molecule has 4 aromatic rings. The fraction of sp³-hybridized carbons (Fsp3) is 0. The molecule has 0 aliphatic heterocycles. The first-order valence-electron chi connectivity index (χ1n) is 6.16. The van der Waals surface area contributed by atoms with Crippen molar-refractivity contribution in [2.24, 2.45) is 0 Å². The summed E-state index contributed by atoms with van der Waals surface area (Å²) in [5.41, 5.74) is 4.51. The van der Waals surface area contributed by atoms with Crippen molar-refractivity contribution in [1.82, 2.24) is 19.9 Å². The average Bonchev–Trinajstić information content (AvgIpc) is 2.89. The summed E-state index contributed by atoms with van der Waals surface area (Å²) in [7, 11) is 0. The monoisotopic (exact) mass is 280 g/mol. The molecule has 0 amide bonds. The molecular formula is C15H9ClN4. The van der Waals surface area contributed by atoms with Crippen LogP contribution in [0.5, 0.6) is 0 Å². The Kier molecular flexibility index (Phi) is 2.44. The van der Waals surface area contributed by atoms with Gasteiger partial charge in [0.05, 0.1) is 22.1 Å². The number of rotatable bonds is 1. The Labute approximate surface area is 119 Å². The number of aromatic nitrogens is 4. The zero-order valence-corrected chi connectivity index (χ0v) is 11.1. The lowest BCUT2D eigenvalue weighted by Gasteiger charge is -1.99. The molecule has 96 valence electrons. The Morgan fingerprint density at radius 2 is 1.65 bits per heavy atom. The molecule has 0 saturated heterocycles. The topological polar surface area (TPSA) is 54.5 Å². The molecule has 0 spiro atoms. The van der Waals surface area contributed by atoms with Crippen molar-refractivity contribution >= 4 is 33.7 Å². The molecule has 0 fully saturated rings. The Morgan fingerprint density at radius 3 is 2.55 bits per heavy atom. The van der Waals surface area contributed by atoms with Crippen LogP contribution in [0, 0.1) is 0 Å². The maximum Gasteiger partial charge on any atom is 0.138 e. The lowest BCUT2D eigenvalue weighted by Crippen LogP contribution is -1.85. The third-order valence-corrected chi connectivity index (χ3v) is 3.42. The van der Waals surface area contributed by atoms with E-state index in [4.69, 9.17) is 11.6 Å². The number of nitrogens with one attached hydrogen (secondary N) is 1. The quantitative estimate of drug-likeness (QED) is 0.576. The maximum atomic E-state index is 5.99. The van der Waals surface area contributed by atoms with Crippen molar-refractivity contribution in [3.63, 3.8) is 0 Å². The second-order valence-corrected chi connectivity index (χ2v) is 4.94. The van der Waals surface area contributed by atoms with E-state index in [1.54, 1.807) is 12.4 Å². The average molecular weight is 281 g/mol. The number of halogens is 1. The summed E-state index contributed by atoms with van der Waals surface area (Å²) in [5, 5.41) is 0.692.